The summed E-state index contributed by atoms with van der Waals surface area (Å²) in [6.07, 6.45) is -1.62. The lowest BCUT2D eigenvalue weighted by Crippen LogP contribution is -2.10. The molecule has 0 heterocycles. The lowest BCUT2D eigenvalue weighted by molar-refractivity contribution is 0.179. The van der Waals surface area contributed by atoms with E-state index in [4.69, 9.17) is 2.74 Å². The molecule has 0 bridgehead atoms. The van der Waals surface area contributed by atoms with Crippen LogP contribution in [0.3, 0.4) is 0 Å². The van der Waals surface area contributed by atoms with Crippen LogP contribution in [-0.4, -0.2) is 11.2 Å². The van der Waals surface area contributed by atoms with E-state index in [1.165, 1.54) is 6.92 Å². The zero-order valence-corrected chi connectivity index (χ0v) is 9.93. The minimum atomic E-state index is -1.65. The van der Waals surface area contributed by atoms with Crippen molar-refractivity contribution in [1.29, 1.82) is 0 Å². The van der Waals surface area contributed by atoms with Gasteiger partial charge in [0.2, 0.25) is 0 Å². The van der Waals surface area contributed by atoms with Crippen molar-refractivity contribution in [3.8, 4) is 0 Å². The maximum absolute atomic E-state index is 9.82. The fourth-order valence-electron chi connectivity index (χ4n) is 1.91. The monoisotopic (exact) mass is 228 g/mol. The van der Waals surface area contributed by atoms with Crippen LogP contribution in [0.1, 0.15) is 33.1 Å². The second-order valence-corrected chi connectivity index (χ2v) is 4.12. The molecule has 0 aliphatic rings. The molecule has 1 N–H and O–H groups in total. The molecule has 2 rings (SSSR count). The van der Waals surface area contributed by atoms with Gasteiger partial charge in [-0.05, 0) is 24.5 Å². The predicted octanol–water partition coefficient (Wildman–Crippen LogP) is 3.59. The first-order valence-corrected chi connectivity index (χ1v) is 5.75. The van der Waals surface area contributed by atoms with Gasteiger partial charge >= 0.3 is 0 Å². The first-order chi connectivity index (χ1) is 8.92. The van der Waals surface area contributed by atoms with Crippen LogP contribution >= 0.6 is 0 Å². The molecule has 0 aliphatic heterocycles. The Labute approximate surface area is 106 Å². The number of aliphatic hydroxyl groups is 1. The van der Waals surface area contributed by atoms with Crippen LogP contribution < -0.4 is 0 Å². The lowest BCUT2D eigenvalue weighted by atomic mass is 9.87. The third-order valence-electron chi connectivity index (χ3n) is 2.68. The van der Waals surface area contributed by atoms with Gasteiger partial charge in [0.15, 0.2) is 0 Å². The Kier molecular flexibility index (Phi) is 3.13. The molecule has 0 amide bonds. The number of rotatable bonds is 4. The molecule has 2 aromatic carbocycles. The summed E-state index contributed by atoms with van der Waals surface area (Å²) in [4.78, 5) is 0. The average Bonchev–Trinajstić information content (AvgIpc) is 2.39. The van der Waals surface area contributed by atoms with Crippen molar-refractivity contribution in [3.05, 3.63) is 71.8 Å². The van der Waals surface area contributed by atoms with E-state index in [1.807, 2.05) is 60.7 Å². The van der Waals surface area contributed by atoms with Gasteiger partial charge in [-0.2, -0.15) is 0 Å². The van der Waals surface area contributed by atoms with Gasteiger partial charge in [-0.15, -0.1) is 0 Å². The van der Waals surface area contributed by atoms with Gasteiger partial charge in [-0.3, -0.25) is 0 Å². The van der Waals surface area contributed by atoms with E-state index < -0.39 is 12.0 Å². The lowest BCUT2D eigenvalue weighted by Gasteiger charge is -2.19. The molecule has 1 atom stereocenters. The Hall–Kier alpha value is -1.60. The molecule has 1 heteroatoms. The molecule has 0 spiro atoms. The fourth-order valence-corrected chi connectivity index (χ4v) is 1.91. The van der Waals surface area contributed by atoms with Gasteiger partial charge in [-0.25, -0.2) is 0 Å². The molecule has 17 heavy (non-hydrogen) atoms. The highest BCUT2D eigenvalue weighted by Gasteiger charge is 2.15. The van der Waals surface area contributed by atoms with E-state index in [0.717, 1.165) is 11.1 Å². The van der Waals surface area contributed by atoms with E-state index >= 15 is 0 Å². The first kappa shape index (κ1) is 9.43. The standard InChI is InChI=1S/C16H18O/c1-13(17)12-16(14-8-4-2-5-9-14)15-10-6-3-7-11-15/h2-11,13,16-17H,12H2,1H3/i13D,16D. The molecule has 0 aromatic heterocycles. The van der Waals surface area contributed by atoms with E-state index in [0.29, 0.717) is 0 Å². The number of hydrogen-bond acceptors (Lipinski definition) is 1. The first-order valence-electron chi connectivity index (χ1n) is 6.75. The van der Waals surface area contributed by atoms with Crippen molar-refractivity contribution in [3.63, 3.8) is 0 Å². The molecular weight excluding hydrogens is 208 g/mol. The van der Waals surface area contributed by atoms with Crippen molar-refractivity contribution in [2.45, 2.75) is 25.3 Å². The smallest absolute Gasteiger partial charge is 0.0598 e. The van der Waals surface area contributed by atoms with Crippen molar-refractivity contribution in [1.82, 2.24) is 0 Å². The molecule has 0 aliphatic carbocycles. The highest BCUT2D eigenvalue weighted by molar-refractivity contribution is 5.32. The van der Waals surface area contributed by atoms with Gasteiger partial charge in [0.05, 0.1) is 7.45 Å². The Morgan fingerprint density at radius 3 is 1.71 bits per heavy atom. The largest absolute Gasteiger partial charge is 0.393 e. The van der Waals surface area contributed by atoms with Crippen molar-refractivity contribution in [2.24, 2.45) is 0 Å². The molecule has 0 fully saturated rings. The Morgan fingerprint density at radius 1 is 0.941 bits per heavy atom. The van der Waals surface area contributed by atoms with Crippen molar-refractivity contribution in [2.75, 3.05) is 0 Å². The molecule has 1 nitrogen and oxygen atoms in total. The normalized spacial score (nSPS) is 16.8. The molecule has 0 saturated heterocycles. The van der Waals surface area contributed by atoms with Crippen LogP contribution in [-0.2, 0) is 0 Å². The van der Waals surface area contributed by atoms with Gasteiger partial charge in [0.1, 0.15) is 0 Å². The predicted molar refractivity (Wildman–Crippen MR) is 71.0 cm³/mol. The van der Waals surface area contributed by atoms with Crippen LogP contribution in [0.25, 0.3) is 0 Å². The topological polar surface area (TPSA) is 20.2 Å². The Balaban J connectivity index is 2.51. The zero-order valence-electron chi connectivity index (χ0n) is 11.9. The number of hydrogen-bond donors (Lipinski definition) is 1. The van der Waals surface area contributed by atoms with Crippen LogP contribution in [0.5, 0.6) is 0 Å². The van der Waals surface area contributed by atoms with E-state index in [-0.39, 0.29) is 6.42 Å². The summed E-state index contributed by atoms with van der Waals surface area (Å²) in [6.45, 7) is 1.42. The van der Waals surface area contributed by atoms with Crippen LogP contribution in [0.2, 0.25) is 0 Å². The van der Waals surface area contributed by atoms with Crippen LogP contribution in [0.15, 0.2) is 60.7 Å². The zero-order chi connectivity index (χ0) is 13.9. The fraction of sp³-hybridized carbons (Fsp3) is 0.250. The highest BCUT2D eigenvalue weighted by Crippen LogP contribution is 2.28. The summed E-state index contributed by atoms with van der Waals surface area (Å²) < 4.78 is 16.5. The number of benzene rings is 2. The summed E-state index contributed by atoms with van der Waals surface area (Å²) in [5, 5.41) is 9.82. The minimum absolute atomic E-state index is 0.0219. The van der Waals surface area contributed by atoms with E-state index in [2.05, 4.69) is 0 Å². The maximum Gasteiger partial charge on any atom is 0.0598 e. The van der Waals surface area contributed by atoms with Gasteiger partial charge in [-0.1, -0.05) is 60.7 Å². The summed E-state index contributed by atoms with van der Waals surface area (Å²) in [5.74, 6) is -1.12. The van der Waals surface area contributed by atoms with Gasteiger partial charge in [0, 0.05) is 7.26 Å². The van der Waals surface area contributed by atoms with E-state index in [1.54, 1.807) is 0 Å². The van der Waals surface area contributed by atoms with Crippen molar-refractivity contribution < 1.29 is 7.85 Å². The summed E-state index contributed by atoms with van der Waals surface area (Å²) in [5.41, 5.74) is 1.57. The van der Waals surface area contributed by atoms with Gasteiger partial charge < -0.3 is 5.11 Å². The second-order valence-electron chi connectivity index (χ2n) is 4.12. The molecular formula is C16H18O. The quantitative estimate of drug-likeness (QED) is 0.848. The minimum Gasteiger partial charge on any atom is -0.393 e. The summed E-state index contributed by atoms with van der Waals surface area (Å²) in [6, 6.07) is 18.8. The molecule has 2 aromatic rings. The van der Waals surface area contributed by atoms with E-state index in [9.17, 15) is 5.11 Å². The second kappa shape index (κ2) is 5.65. The third kappa shape index (κ3) is 3.18. The highest BCUT2D eigenvalue weighted by atomic mass is 16.3. The summed E-state index contributed by atoms with van der Waals surface area (Å²) in [7, 11) is 0. The summed E-state index contributed by atoms with van der Waals surface area (Å²) >= 11 is 0. The SMILES string of the molecule is [2H]C(C)(O)CC([2H])(c1ccccc1)c1ccccc1. The molecule has 88 valence electrons. The maximum atomic E-state index is 9.82. The molecule has 0 radical (unpaired) electrons. The van der Waals surface area contributed by atoms with Crippen LogP contribution in [0, 0.1) is 0 Å². The third-order valence-corrected chi connectivity index (χ3v) is 2.68. The van der Waals surface area contributed by atoms with Crippen LogP contribution in [0.4, 0.5) is 0 Å². The van der Waals surface area contributed by atoms with Crippen molar-refractivity contribution >= 4 is 0 Å². The average molecular weight is 228 g/mol. The molecule has 1 unspecified atom stereocenters. The Bertz CT molecular complexity index is 478. The Morgan fingerprint density at radius 2 is 1.35 bits per heavy atom. The van der Waals surface area contributed by atoms with Gasteiger partial charge in [0.25, 0.3) is 0 Å². The molecule has 0 saturated carbocycles.